The largest absolute Gasteiger partial charge is 0.147 e. The summed E-state index contributed by atoms with van der Waals surface area (Å²) >= 11 is 2.19. The van der Waals surface area contributed by atoms with E-state index in [4.69, 9.17) is 0 Å². The second-order valence-electron chi connectivity index (χ2n) is 6.58. The zero-order chi connectivity index (χ0) is 17.9. The Balaban J connectivity index is -0.000000300. The summed E-state index contributed by atoms with van der Waals surface area (Å²) in [7, 11) is 0. The van der Waals surface area contributed by atoms with Gasteiger partial charge in [0.1, 0.15) is 5.75 Å². The Bertz CT molecular complexity index is 534. The van der Waals surface area contributed by atoms with Gasteiger partial charge in [0.25, 0.3) is 0 Å². The molecule has 1 aromatic carbocycles. The van der Waals surface area contributed by atoms with Gasteiger partial charge in [0.15, 0.2) is 0 Å². The summed E-state index contributed by atoms with van der Waals surface area (Å²) < 4.78 is 1.59. The van der Waals surface area contributed by atoms with Crippen LogP contribution in [-0.4, -0.2) is 8.92 Å². The third-order valence-electron chi connectivity index (χ3n) is 3.43. The number of rotatable bonds is 2. The van der Waals surface area contributed by atoms with Gasteiger partial charge in [0, 0.05) is 0 Å². The van der Waals surface area contributed by atoms with Gasteiger partial charge < -0.3 is 5.11 Å². The number of hydrogen-bond acceptors (Lipinski definition) is 1. The van der Waals surface area contributed by atoms with Gasteiger partial charge >= 0.3 is 50.5 Å². The number of aromatic hydroxyl groups is 1. The summed E-state index contributed by atoms with van der Waals surface area (Å²) in [6.07, 6.45) is 10.8. The second-order valence-corrected chi connectivity index (χ2v) is 7.68. The van der Waals surface area contributed by atoms with Crippen molar-refractivity contribution in [2.45, 2.75) is 66.2 Å². The van der Waals surface area contributed by atoms with E-state index in [1.807, 2.05) is 12.1 Å². The van der Waals surface area contributed by atoms with Crippen LogP contribution in [0, 0.1) is 6.08 Å². The molecule has 0 spiro atoms. The molecule has 0 fully saturated rings. The van der Waals surface area contributed by atoms with Crippen LogP contribution in [0.3, 0.4) is 0 Å². The molecule has 1 N–H and O–H groups in total. The van der Waals surface area contributed by atoms with Gasteiger partial charge in [-0.2, -0.15) is 6.08 Å². The third kappa shape index (κ3) is 15.6. The molecule has 0 saturated heterocycles. The molecule has 0 saturated carbocycles. The van der Waals surface area contributed by atoms with Crippen LogP contribution in [0.15, 0.2) is 42.0 Å². The van der Waals surface area contributed by atoms with Crippen LogP contribution in [0.2, 0.25) is 0 Å². The fourth-order valence-corrected chi connectivity index (χ4v) is 1.74. The van der Waals surface area contributed by atoms with E-state index < -0.39 is 0 Å². The molecule has 0 radical (unpaired) electrons. The topological polar surface area (TPSA) is 20.2 Å². The Morgan fingerprint density at radius 3 is 1.92 bits per heavy atom. The third-order valence-corrected chi connectivity index (χ3v) is 4.54. The standard InChI is InChI=1S/C10H14O.C6H7.C5H10.2ClH.Ti/c1-10(2,3)8-5-4-6-9(11)7-8;1-6-4-2-3-5-6;1-3-5-4-2;;;/h4-7,11H,1-3H3;2,4H,3H2,1H3;3-4H2,1-2H3;2*1H;/q;-1;;;;+1. The van der Waals surface area contributed by atoms with Crippen molar-refractivity contribution in [1.29, 1.82) is 0 Å². The summed E-state index contributed by atoms with van der Waals surface area (Å²) in [5.74, 6) is 0.345. The molecular formula is C21H33Cl2OTi. The first-order valence-electron chi connectivity index (χ1n) is 8.30. The van der Waals surface area contributed by atoms with Gasteiger partial charge in [0.2, 0.25) is 0 Å². The molecule has 2 rings (SSSR count). The monoisotopic (exact) mass is 419 g/mol. The van der Waals surface area contributed by atoms with Crippen LogP contribution in [-0.2, 0) is 25.4 Å². The van der Waals surface area contributed by atoms with Crippen molar-refractivity contribution < 1.29 is 25.1 Å². The van der Waals surface area contributed by atoms with Crippen molar-refractivity contribution in [2.75, 3.05) is 0 Å². The summed E-state index contributed by atoms with van der Waals surface area (Å²) in [6, 6.07) is 7.39. The van der Waals surface area contributed by atoms with E-state index in [1.54, 1.807) is 15.9 Å². The van der Waals surface area contributed by atoms with Crippen molar-refractivity contribution in [2.24, 2.45) is 0 Å². The average Bonchev–Trinajstić information content (AvgIpc) is 2.98. The Morgan fingerprint density at radius 2 is 1.72 bits per heavy atom. The normalized spacial score (nSPS) is 11.6. The van der Waals surface area contributed by atoms with Crippen LogP contribution in [0.4, 0.5) is 0 Å². The first-order chi connectivity index (χ1) is 10.7. The summed E-state index contributed by atoms with van der Waals surface area (Å²) in [4.78, 5) is 0. The first-order valence-corrected chi connectivity index (χ1v) is 9.08. The molecule has 0 aromatic heterocycles. The van der Waals surface area contributed by atoms with E-state index >= 15 is 0 Å². The molecular weight excluding hydrogens is 387 g/mol. The van der Waals surface area contributed by atoms with E-state index in [0.29, 0.717) is 5.75 Å². The van der Waals surface area contributed by atoms with Crippen LogP contribution >= 0.6 is 24.8 Å². The quantitative estimate of drug-likeness (QED) is 0.414. The molecule has 25 heavy (non-hydrogen) atoms. The molecule has 0 amide bonds. The minimum absolute atomic E-state index is 0. The Morgan fingerprint density at radius 1 is 1.16 bits per heavy atom. The maximum atomic E-state index is 9.18. The SMILES string of the molecule is CC(C)(C)c1cccc(O)c1.CC1=[C-]CC=C1.CC[C](=[Ti+])CC.Cl.Cl. The van der Waals surface area contributed by atoms with Crippen molar-refractivity contribution in [1.82, 2.24) is 0 Å². The Hall–Kier alpha value is -0.336. The average molecular weight is 420 g/mol. The number of phenolic OH excluding ortho intramolecular Hbond substituents is 1. The Kier molecular flexibility index (Phi) is 18.7. The maximum absolute atomic E-state index is 9.18. The van der Waals surface area contributed by atoms with Gasteiger partial charge in [-0.1, -0.05) is 39.8 Å². The van der Waals surface area contributed by atoms with Crippen molar-refractivity contribution >= 4 is 28.6 Å². The van der Waals surface area contributed by atoms with E-state index in [-0.39, 0.29) is 30.2 Å². The van der Waals surface area contributed by atoms with Crippen LogP contribution in [0.1, 0.15) is 66.4 Å². The van der Waals surface area contributed by atoms with E-state index in [1.165, 1.54) is 18.4 Å². The molecule has 4 heteroatoms. The van der Waals surface area contributed by atoms with E-state index in [2.05, 4.69) is 79.7 Å². The minimum Gasteiger partial charge on any atom is -0.147 e. The van der Waals surface area contributed by atoms with Crippen LogP contribution < -0.4 is 0 Å². The number of allylic oxidation sites excluding steroid dienone is 4. The minimum atomic E-state index is 0. The van der Waals surface area contributed by atoms with Crippen LogP contribution in [0.25, 0.3) is 0 Å². The van der Waals surface area contributed by atoms with Gasteiger partial charge in [-0.25, -0.2) is 11.6 Å². The maximum Gasteiger partial charge on any atom is -0.147 e. The molecule has 0 bridgehead atoms. The second kappa shape index (κ2) is 15.9. The number of phenols is 1. The zero-order valence-corrected chi connectivity index (χ0v) is 19.5. The smallest absolute Gasteiger partial charge is 0.147 e. The molecule has 0 unspecified atom stereocenters. The van der Waals surface area contributed by atoms with Crippen molar-refractivity contribution in [3.05, 3.63) is 53.6 Å². The van der Waals surface area contributed by atoms with Crippen molar-refractivity contribution in [3.8, 4) is 5.75 Å². The molecule has 1 aliphatic rings. The molecule has 1 nitrogen and oxygen atoms in total. The predicted molar refractivity (Wildman–Crippen MR) is 113 cm³/mol. The molecule has 0 aliphatic heterocycles. The fourth-order valence-electron chi connectivity index (χ4n) is 1.74. The summed E-state index contributed by atoms with van der Waals surface area (Å²) in [6.45, 7) is 12.8. The number of hydrogen-bond donors (Lipinski definition) is 1. The Labute approximate surface area is 178 Å². The predicted octanol–water partition coefficient (Wildman–Crippen LogP) is 6.75. The van der Waals surface area contributed by atoms with Gasteiger partial charge in [-0.15, -0.1) is 31.2 Å². The van der Waals surface area contributed by atoms with Gasteiger partial charge in [0.05, 0.1) is 0 Å². The van der Waals surface area contributed by atoms with Gasteiger partial charge in [-0.05, 0) is 23.1 Å². The molecule has 1 aliphatic carbocycles. The molecule has 0 heterocycles. The molecule has 141 valence electrons. The fraction of sp³-hybridized carbons (Fsp3) is 0.476. The number of halogens is 2. The summed E-state index contributed by atoms with van der Waals surface area (Å²) in [5, 5.41) is 9.18. The first kappa shape index (κ1) is 29.4. The van der Waals surface area contributed by atoms with Crippen LogP contribution in [0.5, 0.6) is 5.75 Å². The van der Waals surface area contributed by atoms with E-state index in [0.717, 1.165) is 12.0 Å². The molecule has 1 aromatic rings. The van der Waals surface area contributed by atoms with Crippen molar-refractivity contribution in [3.63, 3.8) is 0 Å². The summed E-state index contributed by atoms with van der Waals surface area (Å²) in [5.41, 5.74) is 2.56. The van der Waals surface area contributed by atoms with Gasteiger partial charge in [-0.3, -0.25) is 6.08 Å². The van der Waals surface area contributed by atoms with E-state index in [9.17, 15) is 5.11 Å². The number of benzene rings is 1. The molecule has 0 atom stereocenters. The zero-order valence-electron chi connectivity index (χ0n) is 16.3.